The molecule has 0 N–H and O–H groups in total. The van der Waals surface area contributed by atoms with E-state index in [0.717, 1.165) is 11.5 Å². The Morgan fingerprint density at radius 2 is 2.18 bits per heavy atom. The van der Waals surface area contributed by atoms with Gasteiger partial charge in [-0.3, -0.25) is 4.79 Å². The van der Waals surface area contributed by atoms with Crippen molar-refractivity contribution in [2.24, 2.45) is 0 Å². The number of amides is 1. The first-order valence-corrected chi connectivity index (χ1v) is 3.91. The monoisotopic (exact) mass is 171 g/mol. The van der Waals surface area contributed by atoms with E-state index in [1.165, 1.54) is 4.90 Å². The molecule has 0 aliphatic rings. The number of aromatic nitrogens is 2. The van der Waals surface area contributed by atoms with E-state index in [-0.39, 0.29) is 5.91 Å². The van der Waals surface area contributed by atoms with Crippen LogP contribution in [0.3, 0.4) is 0 Å². The van der Waals surface area contributed by atoms with Gasteiger partial charge in [0, 0.05) is 14.1 Å². The molecule has 1 heterocycles. The largest absolute Gasteiger partial charge is 0.344 e. The lowest BCUT2D eigenvalue weighted by Crippen LogP contribution is -2.21. The summed E-state index contributed by atoms with van der Waals surface area (Å²) < 4.78 is 3.67. The molecule has 1 aromatic rings. The molecule has 0 aliphatic carbocycles. The van der Waals surface area contributed by atoms with Gasteiger partial charge in [-0.2, -0.15) is 0 Å². The summed E-state index contributed by atoms with van der Waals surface area (Å²) in [6, 6.07) is 0. The van der Waals surface area contributed by atoms with Crippen molar-refractivity contribution in [1.82, 2.24) is 14.5 Å². The van der Waals surface area contributed by atoms with Crippen LogP contribution in [0.5, 0.6) is 0 Å². The van der Waals surface area contributed by atoms with Gasteiger partial charge in [0.2, 0.25) is 0 Å². The quantitative estimate of drug-likeness (QED) is 0.620. The van der Waals surface area contributed by atoms with E-state index in [2.05, 4.69) is 9.59 Å². The van der Waals surface area contributed by atoms with Crippen molar-refractivity contribution in [1.29, 1.82) is 0 Å². The van der Waals surface area contributed by atoms with Crippen molar-refractivity contribution < 1.29 is 4.79 Å². The van der Waals surface area contributed by atoms with Crippen LogP contribution < -0.4 is 0 Å². The van der Waals surface area contributed by atoms with Crippen molar-refractivity contribution in [3.05, 3.63) is 10.6 Å². The summed E-state index contributed by atoms with van der Waals surface area (Å²) in [7, 11) is 3.42. The molecule has 0 aromatic carbocycles. The first-order chi connectivity index (χ1) is 5.13. The van der Waals surface area contributed by atoms with Gasteiger partial charge in [-0.05, 0) is 18.5 Å². The molecular formula is C6H9N3OS. The molecular weight excluding hydrogens is 162 g/mol. The molecule has 0 atom stereocenters. The molecule has 11 heavy (non-hydrogen) atoms. The van der Waals surface area contributed by atoms with E-state index in [4.69, 9.17) is 0 Å². The molecule has 0 aliphatic heterocycles. The van der Waals surface area contributed by atoms with E-state index in [1.807, 2.05) is 0 Å². The smallest absolute Gasteiger partial charge is 0.266 e. The van der Waals surface area contributed by atoms with Crippen LogP contribution >= 0.6 is 11.5 Å². The van der Waals surface area contributed by atoms with E-state index < -0.39 is 0 Å². The molecule has 0 spiro atoms. The van der Waals surface area contributed by atoms with Crippen LogP contribution in [0.25, 0.3) is 0 Å². The Morgan fingerprint density at radius 3 is 2.55 bits per heavy atom. The van der Waals surface area contributed by atoms with Crippen LogP contribution in [-0.2, 0) is 0 Å². The highest BCUT2D eigenvalue weighted by Gasteiger charge is 2.13. The van der Waals surface area contributed by atoms with Gasteiger partial charge in [0.1, 0.15) is 4.88 Å². The zero-order valence-corrected chi connectivity index (χ0v) is 7.47. The van der Waals surface area contributed by atoms with Crippen molar-refractivity contribution in [3.8, 4) is 0 Å². The molecule has 0 radical (unpaired) electrons. The van der Waals surface area contributed by atoms with Gasteiger partial charge in [-0.15, -0.1) is 5.10 Å². The average molecular weight is 171 g/mol. The summed E-state index contributed by atoms with van der Waals surface area (Å²) in [6.07, 6.45) is 0. The molecule has 5 heteroatoms. The normalized spacial score (nSPS) is 9.73. The van der Waals surface area contributed by atoms with Crippen molar-refractivity contribution in [2.75, 3.05) is 14.1 Å². The second-order valence-corrected chi connectivity index (χ2v) is 3.14. The van der Waals surface area contributed by atoms with Gasteiger partial charge in [0.15, 0.2) is 0 Å². The molecule has 4 nitrogen and oxygen atoms in total. The van der Waals surface area contributed by atoms with Crippen LogP contribution in [0, 0.1) is 6.92 Å². The number of aryl methyl sites for hydroxylation is 1. The summed E-state index contributed by atoms with van der Waals surface area (Å²) in [4.78, 5) is 13.4. The van der Waals surface area contributed by atoms with Crippen molar-refractivity contribution in [2.45, 2.75) is 6.92 Å². The van der Waals surface area contributed by atoms with Gasteiger partial charge >= 0.3 is 0 Å². The fraction of sp³-hybridized carbons (Fsp3) is 0.500. The Morgan fingerprint density at radius 1 is 1.55 bits per heavy atom. The number of hydrogen-bond donors (Lipinski definition) is 0. The van der Waals surface area contributed by atoms with E-state index >= 15 is 0 Å². The van der Waals surface area contributed by atoms with Crippen LogP contribution in [-0.4, -0.2) is 34.5 Å². The Balaban J connectivity index is 2.93. The highest BCUT2D eigenvalue weighted by Crippen LogP contribution is 2.10. The lowest BCUT2D eigenvalue weighted by Gasteiger charge is -2.06. The third-order valence-electron chi connectivity index (χ3n) is 1.25. The number of rotatable bonds is 1. The molecule has 0 saturated heterocycles. The number of carbonyl (C=O) groups is 1. The SMILES string of the molecule is Cc1nnsc1C(=O)N(C)C. The summed E-state index contributed by atoms with van der Waals surface area (Å²) in [6.45, 7) is 1.78. The van der Waals surface area contributed by atoms with Crippen molar-refractivity contribution in [3.63, 3.8) is 0 Å². The molecule has 1 aromatic heterocycles. The number of nitrogens with zero attached hydrogens (tertiary/aromatic N) is 3. The standard InChI is InChI=1S/C6H9N3OS/c1-4-5(11-8-7-4)6(10)9(2)3/h1-3H3. The number of hydrogen-bond acceptors (Lipinski definition) is 4. The highest BCUT2D eigenvalue weighted by molar-refractivity contribution is 7.07. The molecule has 60 valence electrons. The van der Waals surface area contributed by atoms with Gasteiger partial charge in [0.25, 0.3) is 5.91 Å². The Labute approximate surface area is 69.0 Å². The first kappa shape index (κ1) is 8.13. The van der Waals surface area contributed by atoms with Crippen molar-refractivity contribution >= 4 is 17.4 Å². The molecule has 1 rings (SSSR count). The lowest BCUT2D eigenvalue weighted by molar-refractivity contribution is 0.0831. The van der Waals surface area contributed by atoms with Gasteiger partial charge in [0.05, 0.1) is 5.69 Å². The summed E-state index contributed by atoms with van der Waals surface area (Å²) in [5.74, 6) is -0.0301. The van der Waals surface area contributed by atoms with Gasteiger partial charge in [-0.1, -0.05) is 4.49 Å². The van der Waals surface area contributed by atoms with Gasteiger partial charge in [-0.25, -0.2) is 0 Å². The molecule has 0 saturated carbocycles. The van der Waals surface area contributed by atoms with Crippen LogP contribution in [0.4, 0.5) is 0 Å². The maximum absolute atomic E-state index is 11.3. The fourth-order valence-electron chi connectivity index (χ4n) is 0.631. The Hall–Kier alpha value is -0.970. The maximum Gasteiger partial charge on any atom is 0.266 e. The minimum Gasteiger partial charge on any atom is -0.344 e. The van der Waals surface area contributed by atoms with E-state index in [1.54, 1.807) is 21.0 Å². The minimum absolute atomic E-state index is 0.0301. The maximum atomic E-state index is 11.3. The van der Waals surface area contributed by atoms with Crippen LogP contribution in [0.1, 0.15) is 15.4 Å². The summed E-state index contributed by atoms with van der Waals surface area (Å²) in [5, 5.41) is 3.74. The lowest BCUT2D eigenvalue weighted by atomic mass is 10.4. The number of carbonyl (C=O) groups excluding carboxylic acids is 1. The minimum atomic E-state index is -0.0301. The van der Waals surface area contributed by atoms with E-state index in [0.29, 0.717) is 10.6 Å². The second kappa shape index (κ2) is 2.96. The van der Waals surface area contributed by atoms with Crippen LogP contribution in [0.2, 0.25) is 0 Å². The molecule has 0 fully saturated rings. The molecule has 1 amide bonds. The predicted molar refractivity (Wildman–Crippen MR) is 42.7 cm³/mol. The van der Waals surface area contributed by atoms with E-state index in [9.17, 15) is 4.79 Å². The molecule has 0 bridgehead atoms. The average Bonchev–Trinajstić information content (AvgIpc) is 2.33. The summed E-state index contributed by atoms with van der Waals surface area (Å²) >= 11 is 1.13. The molecule has 0 unspecified atom stereocenters. The Bertz CT molecular complexity index is 269. The second-order valence-electron chi connectivity index (χ2n) is 2.39. The van der Waals surface area contributed by atoms with Crippen LogP contribution in [0.15, 0.2) is 0 Å². The zero-order chi connectivity index (χ0) is 8.43. The third-order valence-corrected chi connectivity index (χ3v) is 2.07. The first-order valence-electron chi connectivity index (χ1n) is 3.13. The van der Waals surface area contributed by atoms with Gasteiger partial charge < -0.3 is 4.90 Å². The summed E-state index contributed by atoms with van der Waals surface area (Å²) in [5.41, 5.74) is 0.703. The topological polar surface area (TPSA) is 46.1 Å². The zero-order valence-electron chi connectivity index (χ0n) is 6.66. The third kappa shape index (κ3) is 1.54. The fourth-order valence-corrected chi connectivity index (χ4v) is 1.31. The predicted octanol–water partition coefficient (Wildman–Crippen LogP) is 0.548. The highest BCUT2D eigenvalue weighted by atomic mass is 32.1. The Kier molecular flexibility index (Phi) is 2.19.